The largest absolute Gasteiger partial charge is 0.487 e. The van der Waals surface area contributed by atoms with Crippen LogP contribution >= 0.6 is 0 Å². The van der Waals surface area contributed by atoms with Crippen LogP contribution in [0.1, 0.15) is 24.3 Å². The number of carbonyl (C=O) groups is 2. The number of ether oxygens (including phenoxy) is 2. The van der Waals surface area contributed by atoms with Crippen molar-refractivity contribution in [1.29, 1.82) is 0 Å². The first-order valence-electron chi connectivity index (χ1n) is 10.4. The van der Waals surface area contributed by atoms with Gasteiger partial charge in [-0.25, -0.2) is 9.18 Å². The zero-order valence-electron chi connectivity index (χ0n) is 17.9. The van der Waals surface area contributed by atoms with Crippen LogP contribution in [0.25, 0.3) is 0 Å². The van der Waals surface area contributed by atoms with Gasteiger partial charge in [-0.1, -0.05) is 12.1 Å². The second-order valence-corrected chi connectivity index (χ2v) is 8.21. The van der Waals surface area contributed by atoms with E-state index in [0.29, 0.717) is 17.9 Å². The number of urea groups is 1. The minimum absolute atomic E-state index is 0.0514. The molecule has 170 valence electrons. The molecule has 2 aromatic carbocycles. The standard InChI is InChI=1S/C23H26FN3O5/c1-27(2)21(29)11-14-10-16-15-9-13(7-8-19(15)32-22(16)20(12-28)31-14)25-23(30)26-18-6-4-3-5-17(18)24/h3-9,14,16,20,22,28H,10-12H2,1-2H3,(H2,25,26,30)/t14-,16+,20-,22-/m1/s1. The molecule has 0 bridgehead atoms. The number of nitrogens with zero attached hydrogens (tertiary/aromatic N) is 1. The van der Waals surface area contributed by atoms with Crippen molar-refractivity contribution in [3.05, 3.63) is 53.8 Å². The van der Waals surface area contributed by atoms with E-state index in [2.05, 4.69) is 10.6 Å². The summed E-state index contributed by atoms with van der Waals surface area (Å²) in [6, 6.07) is 10.6. The molecule has 0 aromatic heterocycles. The highest BCUT2D eigenvalue weighted by Crippen LogP contribution is 2.47. The van der Waals surface area contributed by atoms with Crippen LogP contribution in [0.15, 0.2) is 42.5 Å². The van der Waals surface area contributed by atoms with Crippen LogP contribution < -0.4 is 15.4 Å². The molecule has 0 spiro atoms. The molecule has 32 heavy (non-hydrogen) atoms. The number of amides is 3. The van der Waals surface area contributed by atoms with Crippen molar-refractivity contribution < 1.29 is 28.6 Å². The molecule has 4 rings (SSSR count). The summed E-state index contributed by atoms with van der Waals surface area (Å²) in [5, 5.41) is 15.0. The van der Waals surface area contributed by atoms with E-state index in [4.69, 9.17) is 9.47 Å². The Kier molecular flexibility index (Phi) is 6.29. The van der Waals surface area contributed by atoms with Crippen molar-refractivity contribution in [2.24, 2.45) is 0 Å². The van der Waals surface area contributed by atoms with Gasteiger partial charge in [-0.3, -0.25) is 4.79 Å². The van der Waals surface area contributed by atoms with Crippen molar-refractivity contribution in [3.63, 3.8) is 0 Å². The quantitative estimate of drug-likeness (QED) is 0.660. The summed E-state index contributed by atoms with van der Waals surface area (Å²) in [5.41, 5.74) is 1.48. The Bertz CT molecular complexity index is 1010. The molecule has 0 radical (unpaired) electrons. The number of anilines is 2. The molecule has 2 aliphatic rings. The number of benzene rings is 2. The van der Waals surface area contributed by atoms with E-state index in [-0.39, 0.29) is 42.7 Å². The topological polar surface area (TPSA) is 100 Å². The van der Waals surface area contributed by atoms with Crippen LogP contribution in [0.2, 0.25) is 0 Å². The number of rotatable bonds is 5. The van der Waals surface area contributed by atoms with Crippen molar-refractivity contribution in [1.82, 2.24) is 4.90 Å². The molecule has 3 N–H and O–H groups in total. The lowest BCUT2D eigenvalue weighted by molar-refractivity contribution is -0.147. The van der Waals surface area contributed by atoms with Crippen molar-refractivity contribution in [2.45, 2.75) is 37.1 Å². The Morgan fingerprint density at radius 2 is 1.97 bits per heavy atom. The number of fused-ring (bicyclic) bond motifs is 3. The highest BCUT2D eigenvalue weighted by atomic mass is 19.1. The Hall–Kier alpha value is -3.17. The van der Waals surface area contributed by atoms with E-state index in [1.807, 2.05) is 6.07 Å². The number of nitrogens with one attached hydrogen (secondary N) is 2. The fourth-order valence-electron chi connectivity index (χ4n) is 4.19. The van der Waals surface area contributed by atoms with Crippen molar-refractivity contribution in [2.75, 3.05) is 31.3 Å². The lowest BCUT2D eigenvalue weighted by Crippen LogP contribution is -2.47. The van der Waals surface area contributed by atoms with Gasteiger partial charge in [0, 0.05) is 31.3 Å². The minimum Gasteiger partial charge on any atom is -0.487 e. The van der Waals surface area contributed by atoms with Gasteiger partial charge in [-0.05, 0) is 36.8 Å². The predicted octanol–water partition coefficient (Wildman–Crippen LogP) is 2.94. The molecule has 0 saturated carbocycles. The van der Waals surface area contributed by atoms with E-state index in [1.165, 1.54) is 17.0 Å². The number of aliphatic hydroxyl groups excluding tert-OH is 1. The molecule has 4 atom stereocenters. The monoisotopic (exact) mass is 443 g/mol. The van der Waals surface area contributed by atoms with Gasteiger partial charge in [0.05, 0.1) is 24.8 Å². The second-order valence-electron chi connectivity index (χ2n) is 8.21. The fourth-order valence-corrected chi connectivity index (χ4v) is 4.19. The average molecular weight is 443 g/mol. The normalized spacial score (nSPS) is 23.5. The van der Waals surface area contributed by atoms with Gasteiger partial charge in [0.25, 0.3) is 0 Å². The number of carbonyl (C=O) groups excluding carboxylic acids is 2. The second kappa shape index (κ2) is 9.13. The van der Waals surface area contributed by atoms with Crippen LogP contribution in [-0.2, 0) is 9.53 Å². The zero-order valence-corrected chi connectivity index (χ0v) is 17.9. The van der Waals surface area contributed by atoms with Gasteiger partial charge < -0.3 is 30.1 Å². The van der Waals surface area contributed by atoms with Gasteiger partial charge in [-0.2, -0.15) is 0 Å². The Balaban J connectivity index is 1.49. The lowest BCUT2D eigenvalue weighted by Gasteiger charge is -2.37. The van der Waals surface area contributed by atoms with E-state index in [0.717, 1.165) is 5.56 Å². The first-order valence-corrected chi connectivity index (χ1v) is 10.4. The zero-order chi connectivity index (χ0) is 22.8. The Morgan fingerprint density at radius 1 is 1.19 bits per heavy atom. The van der Waals surface area contributed by atoms with Crippen LogP contribution in [0, 0.1) is 5.82 Å². The van der Waals surface area contributed by atoms with Crippen molar-refractivity contribution >= 4 is 23.3 Å². The molecular weight excluding hydrogens is 417 g/mol. The molecule has 2 heterocycles. The predicted molar refractivity (Wildman–Crippen MR) is 116 cm³/mol. The average Bonchev–Trinajstić information content (AvgIpc) is 3.12. The van der Waals surface area contributed by atoms with E-state index in [9.17, 15) is 19.1 Å². The third-order valence-electron chi connectivity index (χ3n) is 5.78. The minimum atomic E-state index is -0.569. The molecule has 8 nitrogen and oxygen atoms in total. The van der Waals surface area contributed by atoms with Gasteiger partial charge in [0.15, 0.2) is 0 Å². The number of halogens is 1. The Morgan fingerprint density at radius 3 is 2.69 bits per heavy atom. The van der Waals surface area contributed by atoms with E-state index >= 15 is 0 Å². The molecule has 3 amide bonds. The molecule has 1 saturated heterocycles. The van der Waals surface area contributed by atoms with Gasteiger partial charge in [0.1, 0.15) is 23.8 Å². The third kappa shape index (κ3) is 4.53. The van der Waals surface area contributed by atoms with Crippen LogP contribution in [0.3, 0.4) is 0 Å². The first kappa shape index (κ1) is 22.0. The SMILES string of the molecule is CN(C)C(=O)C[C@H]1C[C@H]2c3cc(NC(=O)Nc4ccccc4F)ccc3O[C@H]2[C@@H](CO)O1. The summed E-state index contributed by atoms with van der Waals surface area (Å²) in [6.07, 6.45) is -0.507. The summed E-state index contributed by atoms with van der Waals surface area (Å²) in [4.78, 5) is 26.0. The highest BCUT2D eigenvalue weighted by Gasteiger charge is 2.46. The van der Waals surface area contributed by atoms with Gasteiger partial charge in [-0.15, -0.1) is 0 Å². The summed E-state index contributed by atoms with van der Waals surface area (Å²) in [6.45, 7) is -0.224. The number of hydrogen-bond acceptors (Lipinski definition) is 5. The molecule has 1 fully saturated rings. The molecule has 2 aromatic rings. The third-order valence-corrected chi connectivity index (χ3v) is 5.78. The number of para-hydroxylation sites is 1. The van der Waals surface area contributed by atoms with Crippen LogP contribution in [0.4, 0.5) is 20.6 Å². The maximum absolute atomic E-state index is 13.8. The molecular formula is C23H26FN3O5. The summed E-state index contributed by atoms with van der Waals surface area (Å²) >= 11 is 0. The molecule has 0 unspecified atom stereocenters. The maximum atomic E-state index is 13.8. The molecule has 9 heteroatoms. The maximum Gasteiger partial charge on any atom is 0.323 e. The smallest absolute Gasteiger partial charge is 0.323 e. The van der Waals surface area contributed by atoms with Crippen molar-refractivity contribution in [3.8, 4) is 5.75 Å². The van der Waals surface area contributed by atoms with Gasteiger partial charge in [0.2, 0.25) is 5.91 Å². The fraction of sp³-hybridized carbons (Fsp3) is 0.391. The summed E-state index contributed by atoms with van der Waals surface area (Å²) < 4.78 is 25.7. The van der Waals surface area contributed by atoms with Crippen LogP contribution in [-0.4, -0.2) is 61.0 Å². The Labute approximate surface area is 185 Å². The van der Waals surface area contributed by atoms with Crippen LogP contribution in [0.5, 0.6) is 5.75 Å². The summed E-state index contributed by atoms with van der Waals surface area (Å²) in [5.74, 6) is -0.0122. The van der Waals surface area contributed by atoms with E-state index < -0.39 is 18.0 Å². The molecule has 2 aliphatic heterocycles. The number of hydrogen-bond donors (Lipinski definition) is 3. The van der Waals surface area contributed by atoms with Gasteiger partial charge >= 0.3 is 6.03 Å². The van der Waals surface area contributed by atoms with E-state index in [1.54, 1.807) is 38.4 Å². The molecule has 0 aliphatic carbocycles. The summed E-state index contributed by atoms with van der Waals surface area (Å²) in [7, 11) is 3.38. The first-order chi connectivity index (χ1) is 15.4. The highest BCUT2D eigenvalue weighted by molar-refractivity contribution is 5.99. The lowest BCUT2D eigenvalue weighted by atomic mass is 9.84. The number of aliphatic hydroxyl groups is 1.